The molecule has 0 saturated carbocycles. The van der Waals surface area contributed by atoms with E-state index in [4.69, 9.17) is 0 Å². The summed E-state index contributed by atoms with van der Waals surface area (Å²) in [5.41, 5.74) is 1.88. The summed E-state index contributed by atoms with van der Waals surface area (Å²) in [6.45, 7) is 5.22. The topological polar surface area (TPSA) is 84.8 Å². The number of benzene rings is 1. The highest BCUT2D eigenvalue weighted by atomic mass is 79.9. The smallest absolute Gasteiger partial charge is 0.354 e. The second kappa shape index (κ2) is 8.01. The molecule has 124 valence electrons. The van der Waals surface area contributed by atoms with Gasteiger partial charge >= 0.3 is 5.97 Å². The largest absolute Gasteiger partial charge is 0.464 e. The number of rotatable bonds is 5. The molecular formula is C16H19BrN2O4. The zero-order chi connectivity index (χ0) is 17.6. The monoisotopic (exact) mass is 382 g/mol. The van der Waals surface area contributed by atoms with Crippen molar-refractivity contribution in [3.63, 3.8) is 0 Å². The number of ketones is 1. The standard InChI is InChI=1S/C16H19BrN2O4/c1-16(2,3)13(20)9-12(15(22)23-4)18-19-14(21)10-6-5-7-11(17)8-10/h5-8H,9H2,1-4H3,(H,19,21)/b18-12+. The van der Waals surface area contributed by atoms with Gasteiger partial charge in [-0.3, -0.25) is 9.59 Å². The molecule has 0 aliphatic carbocycles. The molecule has 6 nitrogen and oxygen atoms in total. The average Bonchev–Trinajstić information content (AvgIpc) is 2.49. The molecule has 0 bridgehead atoms. The Hall–Kier alpha value is -2.02. The minimum absolute atomic E-state index is 0.143. The molecule has 0 saturated heterocycles. The van der Waals surface area contributed by atoms with Gasteiger partial charge in [0.1, 0.15) is 5.78 Å². The summed E-state index contributed by atoms with van der Waals surface area (Å²) in [6.07, 6.45) is -0.213. The number of hydrazone groups is 1. The molecular weight excluding hydrogens is 364 g/mol. The number of ether oxygens (including phenoxy) is 1. The molecule has 0 aromatic heterocycles. The van der Waals surface area contributed by atoms with Crippen molar-refractivity contribution in [1.29, 1.82) is 0 Å². The van der Waals surface area contributed by atoms with Crippen LogP contribution >= 0.6 is 15.9 Å². The van der Waals surface area contributed by atoms with E-state index in [1.54, 1.807) is 45.0 Å². The summed E-state index contributed by atoms with van der Waals surface area (Å²) >= 11 is 3.26. The van der Waals surface area contributed by atoms with E-state index in [0.29, 0.717) is 5.56 Å². The Morgan fingerprint density at radius 3 is 2.43 bits per heavy atom. The first-order valence-electron chi connectivity index (χ1n) is 6.89. The summed E-state index contributed by atoms with van der Waals surface area (Å²) in [5.74, 6) is -1.42. The van der Waals surface area contributed by atoms with Crippen LogP contribution in [0.4, 0.5) is 0 Å². The molecule has 23 heavy (non-hydrogen) atoms. The van der Waals surface area contributed by atoms with E-state index in [1.165, 1.54) is 7.11 Å². The van der Waals surface area contributed by atoms with Crippen molar-refractivity contribution in [2.45, 2.75) is 27.2 Å². The number of methoxy groups -OCH3 is 1. The van der Waals surface area contributed by atoms with Crippen LogP contribution in [-0.2, 0) is 14.3 Å². The molecule has 1 rings (SSSR count). The van der Waals surface area contributed by atoms with Crippen molar-refractivity contribution in [3.8, 4) is 0 Å². The van der Waals surface area contributed by atoms with Gasteiger partial charge in [0.15, 0.2) is 5.71 Å². The normalized spacial score (nSPS) is 11.8. The van der Waals surface area contributed by atoms with Gasteiger partial charge in [0.25, 0.3) is 5.91 Å². The lowest BCUT2D eigenvalue weighted by molar-refractivity contribution is -0.134. The number of Topliss-reactive ketones (excluding diaryl/α,β-unsaturated/α-hetero) is 1. The maximum atomic E-state index is 12.0. The molecule has 7 heteroatoms. The molecule has 1 amide bonds. The summed E-state index contributed by atoms with van der Waals surface area (Å²) in [5, 5.41) is 3.76. The zero-order valence-corrected chi connectivity index (χ0v) is 15.1. The van der Waals surface area contributed by atoms with Crippen molar-refractivity contribution < 1.29 is 19.1 Å². The highest BCUT2D eigenvalue weighted by molar-refractivity contribution is 9.10. The van der Waals surface area contributed by atoms with Gasteiger partial charge in [0, 0.05) is 15.5 Å². The van der Waals surface area contributed by atoms with Crippen LogP contribution in [-0.4, -0.2) is 30.5 Å². The first-order chi connectivity index (χ1) is 10.6. The van der Waals surface area contributed by atoms with Gasteiger partial charge in [-0.05, 0) is 18.2 Å². The highest BCUT2D eigenvalue weighted by Crippen LogP contribution is 2.17. The van der Waals surface area contributed by atoms with Crippen LogP contribution in [0.15, 0.2) is 33.8 Å². The lowest BCUT2D eigenvalue weighted by Gasteiger charge is -2.16. The number of halogens is 1. The molecule has 0 aliphatic rings. The lowest BCUT2D eigenvalue weighted by atomic mass is 9.88. The van der Waals surface area contributed by atoms with Crippen molar-refractivity contribution in [2.24, 2.45) is 10.5 Å². The average molecular weight is 383 g/mol. The number of carbonyl (C=O) groups excluding carboxylic acids is 3. The van der Waals surface area contributed by atoms with E-state index in [0.717, 1.165) is 4.47 Å². The van der Waals surface area contributed by atoms with Crippen molar-refractivity contribution >= 4 is 39.3 Å². The predicted molar refractivity (Wildman–Crippen MR) is 90.1 cm³/mol. The quantitative estimate of drug-likeness (QED) is 0.481. The van der Waals surface area contributed by atoms with Crippen LogP contribution in [0.5, 0.6) is 0 Å². The minimum atomic E-state index is -0.753. The van der Waals surface area contributed by atoms with E-state index >= 15 is 0 Å². The molecule has 1 aromatic rings. The Labute approximate surface area is 143 Å². The van der Waals surface area contributed by atoms with E-state index in [-0.39, 0.29) is 17.9 Å². The third-order valence-electron chi connectivity index (χ3n) is 2.96. The molecule has 0 fully saturated rings. The molecule has 1 N–H and O–H groups in total. The number of carbonyl (C=O) groups is 3. The van der Waals surface area contributed by atoms with Crippen LogP contribution in [0, 0.1) is 5.41 Å². The molecule has 0 radical (unpaired) electrons. The maximum Gasteiger partial charge on any atom is 0.354 e. The Morgan fingerprint density at radius 1 is 1.26 bits per heavy atom. The Balaban J connectivity index is 2.91. The van der Waals surface area contributed by atoms with Crippen molar-refractivity contribution in [3.05, 3.63) is 34.3 Å². The first kappa shape index (κ1) is 19.0. The van der Waals surface area contributed by atoms with E-state index in [2.05, 4.69) is 31.2 Å². The second-order valence-electron chi connectivity index (χ2n) is 5.85. The fourth-order valence-electron chi connectivity index (χ4n) is 1.50. The number of amides is 1. The Morgan fingerprint density at radius 2 is 1.91 bits per heavy atom. The van der Waals surface area contributed by atoms with Gasteiger partial charge in [0.2, 0.25) is 0 Å². The summed E-state index contributed by atoms with van der Waals surface area (Å²) < 4.78 is 5.34. The SMILES string of the molecule is COC(=O)/C(CC(=O)C(C)(C)C)=N/NC(=O)c1cccc(Br)c1. The third-order valence-corrected chi connectivity index (χ3v) is 3.46. The van der Waals surface area contributed by atoms with Gasteiger partial charge in [-0.15, -0.1) is 0 Å². The number of hydrogen-bond donors (Lipinski definition) is 1. The van der Waals surface area contributed by atoms with Gasteiger partial charge in [-0.2, -0.15) is 5.10 Å². The van der Waals surface area contributed by atoms with Crippen LogP contribution < -0.4 is 5.43 Å². The highest BCUT2D eigenvalue weighted by Gasteiger charge is 2.26. The third kappa shape index (κ3) is 5.94. The number of nitrogens with one attached hydrogen (secondary N) is 1. The minimum Gasteiger partial charge on any atom is -0.464 e. The maximum absolute atomic E-state index is 12.0. The van der Waals surface area contributed by atoms with Gasteiger partial charge in [-0.25, -0.2) is 10.2 Å². The van der Waals surface area contributed by atoms with Crippen LogP contribution in [0.25, 0.3) is 0 Å². The summed E-state index contributed by atoms with van der Waals surface area (Å²) in [6, 6.07) is 6.70. The van der Waals surface area contributed by atoms with Crippen LogP contribution in [0.1, 0.15) is 37.6 Å². The van der Waals surface area contributed by atoms with Crippen LogP contribution in [0.2, 0.25) is 0 Å². The molecule has 0 aliphatic heterocycles. The van der Waals surface area contributed by atoms with E-state index in [9.17, 15) is 14.4 Å². The molecule has 0 spiro atoms. The second-order valence-corrected chi connectivity index (χ2v) is 6.77. The van der Waals surface area contributed by atoms with Gasteiger partial charge < -0.3 is 4.74 Å². The first-order valence-corrected chi connectivity index (χ1v) is 7.68. The lowest BCUT2D eigenvalue weighted by Crippen LogP contribution is -2.30. The molecule has 0 unspecified atom stereocenters. The van der Waals surface area contributed by atoms with Crippen molar-refractivity contribution in [2.75, 3.05) is 7.11 Å². The molecule has 0 atom stereocenters. The molecule has 0 heterocycles. The van der Waals surface area contributed by atoms with Gasteiger partial charge in [-0.1, -0.05) is 42.8 Å². The Kier molecular flexibility index (Phi) is 6.62. The summed E-state index contributed by atoms with van der Waals surface area (Å²) in [7, 11) is 1.19. The number of nitrogens with zero attached hydrogens (tertiary/aromatic N) is 1. The van der Waals surface area contributed by atoms with Gasteiger partial charge in [0.05, 0.1) is 13.5 Å². The van der Waals surface area contributed by atoms with E-state index < -0.39 is 17.3 Å². The Bertz CT molecular complexity index is 648. The summed E-state index contributed by atoms with van der Waals surface area (Å²) in [4.78, 5) is 35.8. The van der Waals surface area contributed by atoms with Crippen molar-refractivity contribution in [1.82, 2.24) is 5.43 Å². The predicted octanol–water partition coefficient (Wildman–Crippen LogP) is 2.71. The molecule has 1 aromatic carbocycles. The fourth-order valence-corrected chi connectivity index (χ4v) is 1.90. The van der Waals surface area contributed by atoms with E-state index in [1.807, 2.05) is 0 Å². The fraction of sp³-hybridized carbons (Fsp3) is 0.375. The number of esters is 1. The zero-order valence-electron chi connectivity index (χ0n) is 13.5. The number of hydrogen-bond acceptors (Lipinski definition) is 5. The van der Waals surface area contributed by atoms with Crippen LogP contribution in [0.3, 0.4) is 0 Å².